The van der Waals surface area contributed by atoms with Crippen LogP contribution in [-0.2, 0) is 11.3 Å². The number of rotatable bonds is 12. The van der Waals surface area contributed by atoms with Gasteiger partial charge in [0.25, 0.3) is 0 Å². The molecule has 1 saturated carbocycles. The van der Waals surface area contributed by atoms with Crippen molar-refractivity contribution >= 4 is 23.0 Å². The molecule has 6 N–H and O–H groups in total. The third-order valence-corrected chi connectivity index (χ3v) is 7.89. The summed E-state index contributed by atoms with van der Waals surface area (Å²) < 4.78 is 21.1. The Morgan fingerprint density at radius 3 is 2.81 bits per heavy atom. The molecule has 13 heteroatoms. The van der Waals surface area contributed by atoms with Crippen LogP contribution in [0.3, 0.4) is 0 Å². The van der Waals surface area contributed by atoms with Gasteiger partial charge in [-0.2, -0.15) is 0 Å². The third-order valence-electron chi connectivity index (χ3n) is 7.89. The molecule has 3 heterocycles. The number of anilines is 1. The molecule has 1 aliphatic carbocycles. The van der Waals surface area contributed by atoms with E-state index in [4.69, 9.17) is 4.74 Å². The van der Waals surface area contributed by atoms with Crippen LogP contribution in [0.1, 0.15) is 57.2 Å². The van der Waals surface area contributed by atoms with Gasteiger partial charge in [-0.15, -0.1) is 0 Å². The molecule has 1 aromatic carbocycles. The number of nitrogens with zero attached hydrogens (tertiary/aromatic N) is 4. The van der Waals surface area contributed by atoms with Gasteiger partial charge in [-0.3, -0.25) is 4.57 Å². The number of imidazole rings is 1. The lowest BCUT2D eigenvalue weighted by atomic mass is 9.96. The van der Waals surface area contributed by atoms with Crippen molar-refractivity contribution in [3.05, 3.63) is 60.5 Å². The molecule has 2 amide bonds. The molecule has 0 spiro atoms. The third kappa shape index (κ3) is 8.05. The topological polar surface area (TPSA) is 158 Å². The fraction of sp³-hybridized carbons (Fsp3) is 0.533. The summed E-state index contributed by atoms with van der Waals surface area (Å²) in [6.45, 7) is 3.59. The average molecular weight is 597 g/mol. The number of aromatic nitrogens is 4. The molecule has 0 bridgehead atoms. The van der Waals surface area contributed by atoms with E-state index in [1.54, 1.807) is 22.8 Å². The van der Waals surface area contributed by atoms with Crippen molar-refractivity contribution in [2.45, 2.75) is 88.6 Å². The molecule has 43 heavy (non-hydrogen) atoms. The lowest BCUT2D eigenvalue weighted by molar-refractivity contribution is -0.0245. The van der Waals surface area contributed by atoms with E-state index in [9.17, 15) is 19.4 Å². The van der Waals surface area contributed by atoms with Gasteiger partial charge in [0.15, 0.2) is 23.2 Å². The summed E-state index contributed by atoms with van der Waals surface area (Å²) in [7, 11) is 0. The van der Waals surface area contributed by atoms with Crippen LogP contribution in [0.2, 0.25) is 0 Å². The molecular weight excluding hydrogens is 555 g/mol. The van der Waals surface area contributed by atoms with Gasteiger partial charge in [-0.25, -0.2) is 24.1 Å². The summed E-state index contributed by atoms with van der Waals surface area (Å²) in [5.41, 5.74) is 1.63. The van der Waals surface area contributed by atoms with Gasteiger partial charge in [-0.1, -0.05) is 43.5 Å². The number of hydrogen-bond acceptors (Lipinski definition) is 9. The second-order valence-electron chi connectivity index (χ2n) is 11.2. The minimum Gasteiger partial charge on any atom is -0.387 e. The van der Waals surface area contributed by atoms with Crippen molar-refractivity contribution in [3.63, 3.8) is 0 Å². The molecule has 1 aliphatic heterocycles. The maximum Gasteiger partial charge on any atom is 0.315 e. The highest BCUT2D eigenvalue weighted by Crippen LogP contribution is 2.33. The van der Waals surface area contributed by atoms with E-state index in [0.29, 0.717) is 36.6 Å². The minimum atomic E-state index is -1.21. The van der Waals surface area contributed by atoms with Crippen LogP contribution in [0.4, 0.5) is 15.0 Å². The van der Waals surface area contributed by atoms with Crippen LogP contribution in [0, 0.1) is 5.82 Å². The Labute approximate surface area is 250 Å². The van der Waals surface area contributed by atoms with E-state index in [1.165, 1.54) is 44.0 Å². The summed E-state index contributed by atoms with van der Waals surface area (Å²) in [4.78, 5) is 25.1. The SMILES string of the molecule is CC(C=C[C@H]1O[C@@H](n2cnc3c(NCc4cccc(F)c4)ncnc32)[C@H](O)[C@@H]1O)NCCCNC(=O)NC1CCCCC1. The number of nitrogens with one attached hydrogen (secondary N) is 4. The molecule has 1 unspecified atom stereocenters. The Kier molecular flexibility index (Phi) is 10.5. The molecule has 5 atom stereocenters. The number of amides is 2. The van der Waals surface area contributed by atoms with Crippen molar-refractivity contribution < 1.29 is 24.1 Å². The van der Waals surface area contributed by atoms with E-state index in [0.717, 1.165) is 24.8 Å². The largest absolute Gasteiger partial charge is 0.387 e. The maximum atomic E-state index is 13.5. The first kappa shape index (κ1) is 30.8. The summed E-state index contributed by atoms with van der Waals surface area (Å²) in [5, 5.41) is 34.0. The Bertz CT molecular complexity index is 1380. The van der Waals surface area contributed by atoms with Crippen molar-refractivity contribution in [2.24, 2.45) is 0 Å². The van der Waals surface area contributed by atoms with E-state index in [2.05, 4.69) is 36.2 Å². The Morgan fingerprint density at radius 1 is 1.16 bits per heavy atom. The van der Waals surface area contributed by atoms with E-state index < -0.39 is 24.5 Å². The predicted molar refractivity (Wildman–Crippen MR) is 160 cm³/mol. The highest BCUT2D eigenvalue weighted by atomic mass is 19.1. The van der Waals surface area contributed by atoms with E-state index >= 15 is 0 Å². The maximum absolute atomic E-state index is 13.5. The lowest BCUT2D eigenvalue weighted by Gasteiger charge is -2.22. The number of halogens is 1. The Hall–Kier alpha value is -3.65. The van der Waals surface area contributed by atoms with Crippen molar-refractivity contribution in [1.29, 1.82) is 0 Å². The summed E-state index contributed by atoms with van der Waals surface area (Å²) in [5.74, 6) is 0.136. The predicted octanol–water partition coefficient (Wildman–Crippen LogP) is 2.75. The quantitative estimate of drug-likeness (QED) is 0.137. The standard InChI is InChI=1S/C30H41FN8O4/c1-19(32-13-6-14-33-30(42)38-22-9-3-2-4-10-22)11-12-23-25(40)26(41)29(43-23)39-18-37-24-27(35-17-36-28(24)39)34-16-20-7-5-8-21(31)15-20/h5,7-8,11-12,15,17-19,22-23,25-26,29,32,40-41H,2-4,6,9-10,13-14,16H2,1H3,(H2,33,38,42)(H,34,35,36)/t19?,23-,25-,26-,29-/m1/s1. The molecule has 2 fully saturated rings. The fourth-order valence-corrected chi connectivity index (χ4v) is 5.52. The number of carbonyl (C=O) groups is 1. The second kappa shape index (κ2) is 14.7. The van der Waals surface area contributed by atoms with Gasteiger partial charge in [0, 0.05) is 25.2 Å². The Morgan fingerprint density at radius 2 is 2.00 bits per heavy atom. The normalized spacial score (nSPS) is 23.5. The summed E-state index contributed by atoms with van der Waals surface area (Å²) >= 11 is 0. The van der Waals surface area contributed by atoms with Gasteiger partial charge in [-0.05, 0) is 50.4 Å². The van der Waals surface area contributed by atoms with Crippen molar-refractivity contribution in [2.75, 3.05) is 18.4 Å². The number of carbonyl (C=O) groups excluding carboxylic acids is 1. The van der Waals surface area contributed by atoms with Crippen molar-refractivity contribution in [3.8, 4) is 0 Å². The zero-order valence-corrected chi connectivity index (χ0v) is 24.3. The van der Waals surface area contributed by atoms with Crippen LogP contribution >= 0.6 is 0 Å². The number of aliphatic hydroxyl groups is 2. The highest BCUT2D eigenvalue weighted by molar-refractivity contribution is 5.82. The van der Waals surface area contributed by atoms with Crippen LogP contribution in [0.5, 0.6) is 0 Å². The van der Waals surface area contributed by atoms with Gasteiger partial charge < -0.3 is 36.2 Å². The number of ether oxygens (including phenoxy) is 1. The summed E-state index contributed by atoms with van der Waals surface area (Å²) in [6.07, 6.45) is 8.98. The monoisotopic (exact) mass is 596 g/mol. The highest BCUT2D eigenvalue weighted by Gasteiger charge is 2.43. The molecular formula is C30H41FN8O4. The fourth-order valence-electron chi connectivity index (χ4n) is 5.52. The molecule has 232 valence electrons. The molecule has 12 nitrogen and oxygen atoms in total. The van der Waals surface area contributed by atoms with Gasteiger partial charge in [0.2, 0.25) is 0 Å². The summed E-state index contributed by atoms with van der Waals surface area (Å²) in [6, 6.07) is 6.44. The molecule has 2 aliphatic rings. The first-order chi connectivity index (χ1) is 20.9. The number of hydrogen-bond donors (Lipinski definition) is 6. The van der Waals surface area contributed by atoms with Gasteiger partial charge >= 0.3 is 6.03 Å². The number of aliphatic hydroxyl groups excluding tert-OH is 2. The number of fused-ring (bicyclic) bond motifs is 1. The number of benzene rings is 1. The zero-order chi connectivity index (χ0) is 30.2. The van der Waals surface area contributed by atoms with E-state index in [-0.39, 0.29) is 23.9 Å². The molecule has 5 rings (SSSR count). The minimum absolute atomic E-state index is 0.0170. The molecule has 1 saturated heterocycles. The molecule has 2 aromatic heterocycles. The number of urea groups is 1. The van der Waals surface area contributed by atoms with Crippen LogP contribution < -0.4 is 21.3 Å². The van der Waals surface area contributed by atoms with Gasteiger partial charge in [0.1, 0.15) is 30.5 Å². The Balaban J connectivity index is 1.09. The first-order valence-electron chi connectivity index (χ1n) is 15.0. The zero-order valence-electron chi connectivity index (χ0n) is 24.3. The average Bonchev–Trinajstić information content (AvgIpc) is 3.56. The van der Waals surface area contributed by atoms with Crippen molar-refractivity contribution in [1.82, 2.24) is 35.5 Å². The van der Waals surface area contributed by atoms with Crippen LogP contribution in [0.15, 0.2) is 49.1 Å². The van der Waals surface area contributed by atoms with E-state index in [1.807, 2.05) is 13.0 Å². The smallest absolute Gasteiger partial charge is 0.315 e. The molecule has 0 radical (unpaired) electrons. The lowest BCUT2D eigenvalue weighted by Crippen LogP contribution is -2.43. The van der Waals surface area contributed by atoms with Crippen LogP contribution in [0.25, 0.3) is 11.2 Å². The molecule has 3 aromatic rings. The van der Waals surface area contributed by atoms with Crippen LogP contribution in [-0.4, -0.2) is 79.2 Å². The second-order valence-corrected chi connectivity index (χ2v) is 11.2. The first-order valence-corrected chi connectivity index (χ1v) is 15.0. The van der Waals surface area contributed by atoms with Gasteiger partial charge in [0.05, 0.1) is 6.33 Å².